The summed E-state index contributed by atoms with van der Waals surface area (Å²) in [7, 11) is 1.40. The van der Waals surface area contributed by atoms with Crippen LogP contribution in [0.2, 0.25) is 0 Å². The second-order valence-corrected chi connectivity index (χ2v) is 4.49. The van der Waals surface area contributed by atoms with Crippen molar-refractivity contribution in [3.8, 4) is 11.5 Å². The Morgan fingerprint density at radius 2 is 1.90 bits per heavy atom. The SMILES string of the molecule is COc1ccc(C(O)COc2ccccc2C)cc1F. The van der Waals surface area contributed by atoms with Gasteiger partial charge in [0.2, 0.25) is 0 Å². The van der Waals surface area contributed by atoms with Crippen LogP contribution in [0.4, 0.5) is 4.39 Å². The van der Waals surface area contributed by atoms with Gasteiger partial charge in [-0.3, -0.25) is 0 Å². The lowest BCUT2D eigenvalue weighted by Crippen LogP contribution is -2.10. The van der Waals surface area contributed by atoms with Crippen LogP contribution in [-0.4, -0.2) is 18.8 Å². The van der Waals surface area contributed by atoms with E-state index in [-0.39, 0.29) is 12.4 Å². The highest BCUT2D eigenvalue weighted by Crippen LogP contribution is 2.23. The van der Waals surface area contributed by atoms with Gasteiger partial charge in [0, 0.05) is 0 Å². The number of para-hydroxylation sites is 1. The predicted octanol–water partition coefficient (Wildman–Crippen LogP) is 3.26. The number of hydrogen-bond acceptors (Lipinski definition) is 3. The normalized spacial score (nSPS) is 12.0. The first kappa shape index (κ1) is 14.3. The fourth-order valence-corrected chi connectivity index (χ4v) is 1.87. The Morgan fingerprint density at radius 3 is 2.55 bits per heavy atom. The highest BCUT2D eigenvalue weighted by molar-refractivity contribution is 5.33. The van der Waals surface area contributed by atoms with E-state index in [0.29, 0.717) is 11.3 Å². The molecule has 4 heteroatoms. The van der Waals surface area contributed by atoms with Crippen LogP contribution in [0.3, 0.4) is 0 Å². The summed E-state index contributed by atoms with van der Waals surface area (Å²) in [6, 6.07) is 11.9. The number of benzene rings is 2. The van der Waals surface area contributed by atoms with E-state index >= 15 is 0 Å². The molecular formula is C16H17FO3. The van der Waals surface area contributed by atoms with Crippen molar-refractivity contribution in [1.82, 2.24) is 0 Å². The van der Waals surface area contributed by atoms with Crippen molar-refractivity contribution in [3.05, 3.63) is 59.4 Å². The third-order valence-corrected chi connectivity index (χ3v) is 3.05. The summed E-state index contributed by atoms with van der Waals surface area (Å²) in [5, 5.41) is 10.0. The van der Waals surface area contributed by atoms with Crippen LogP contribution in [0.5, 0.6) is 11.5 Å². The van der Waals surface area contributed by atoms with Gasteiger partial charge in [-0.25, -0.2) is 4.39 Å². The van der Waals surface area contributed by atoms with Crippen molar-refractivity contribution >= 4 is 0 Å². The monoisotopic (exact) mass is 276 g/mol. The molecule has 0 radical (unpaired) electrons. The van der Waals surface area contributed by atoms with Crippen molar-refractivity contribution in [2.45, 2.75) is 13.0 Å². The number of ether oxygens (including phenoxy) is 2. The molecule has 0 spiro atoms. The molecule has 0 fully saturated rings. The van der Waals surface area contributed by atoms with Gasteiger partial charge in [0.25, 0.3) is 0 Å². The molecule has 106 valence electrons. The van der Waals surface area contributed by atoms with Gasteiger partial charge < -0.3 is 14.6 Å². The standard InChI is InChI=1S/C16H17FO3/c1-11-5-3-4-6-15(11)20-10-14(18)12-7-8-16(19-2)13(17)9-12/h3-9,14,18H,10H2,1-2H3. The van der Waals surface area contributed by atoms with Crippen molar-refractivity contribution in [3.63, 3.8) is 0 Å². The molecule has 0 aromatic heterocycles. The molecule has 2 aromatic rings. The van der Waals surface area contributed by atoms with Gasteiger partial charge in [0.1, 0.15) is 18.5 Å². The van der Waals surface area contributed by atoms with Crippen molar-refractivity contribution in [2.75, 3.05) is 13.7 Å². The van der Waals surface area contributed by atoms with Crippen LogP contribution in [0.1, 0.15) is 17.2 Å². The topological polar surface area (TPSA) is 38.7 Å². The second-order valence-electron chi connectivity index (χ2n) is 4.49. The van der Waals surface area contributed by atoms with Gasteiger partial charge in [-0.1, -0.05) is 24.3 Å². The molecule has 3 nitrogen and oxygen atoms in total. The molecule has 0 aliphatic heterocycles. The van der Waals surface area contributed by atoms with Crippen LogP contribution in [0.25, 0.3) is 0 Å². The summed E-state index contributed by atoms with van der Waals surface area (Å²) >= 11 is 0. The van der Waals surface area contributed by atoms with Crippen LogP contribution < -0.4 is 9.47 Å². The summed E-state index contributed by atoms with van der Waals surface area (Å²) in [5.41, 5.74) is 1.44. The third-order valence-electron chi connectivity index (χ3n) is 3.05. The van der Waals surface area contributed by atoms with Gasteiger partial charge >= 0.3 is 0 Å². The fraction of sp³-hybridized carbons (Fsp3) is 0.250. The first-order valence-electron chi connectivity index (χ1n) is 6.31. The second kappa shape index (κ2) is 6.39. The summed E-state index contributed by atoms with van der Waals surface area (Å²) in [6.45, 7) is 1.99. The van der Waals surface area contributed by atoms with Crippen LogP contribution in [-0.2, 0) is 0 Å². The Bertz CT molecular complexity index is 584. The van der Waals surface area contributed by atoms with Crippen LogP contribution in [0.15, 0.2) is 42.5 Å². The smallest absolute Gasteiger partial charge is 0.165 e. The molecule has 0 aliphatic rings. The molecule has 1 unspecified atom stereocenters. The Morgan fingerprint density at radius 1 is 1.15 bits per heavy atom. The molecule has 2 rings (SSSR count). The van der Waals surface area contributed by atoms with E-state index in [1.807, 2.05) is 31.2 Å². The molecule has 0 saturated heterocycles. The Hall–Kier alpha value is -2.07. The van der Waals surface area contributed by atoms with E-state index in [0.717, 1.165) is 5.56 Å². The number of aliphatic hydroxyl groups is 1. The average Bonchev–Trinajstić information content (AvgIpc) is 2.46. The van der Waals surface area contributed by atoms with Crippen molar-refractivity contribution < 1.29 is 19.0 Å². The maximum Gasteiger partial charge on any atom is 0.165 e. The van der Waals surface area contributed by atoms with E-state index in [1.54, 1.807) is 6.07 Å². The first-order valence-corrected chi connectivity index (χ1v) is 6.31. The number of hydrogen-bond donors (Lipinski definition) is 1. The summed E-state index contributed by atoms with van der Waals surface area (Å²) in [5.74, 6) is 0.362. The Balaban J connectivity index is 2.03. The van der Waals surface area contributed by atoms with Crippen LogP contribution in [0, 0.1) is 12.7 Å². The lowest BCUT2D eigenvalue weighted by Gasteiger charge is -2.14. The van der Waals surface area contributed by atoms with Gasteiger partial charge in [0.05, 0.1) is 7.11 Å². The molecule has 0 heterocycles. The Labute approximate surface area is 117 Å². The quantitative estimate of drug-likeness (QED) is 0.911. The molecule has 1 atom stereocenters. The molecule has 2 aromatic carbocycles. The third kappa shape index (κ3) is 3.27. The lowest BCUT2D eigenvalue weighted by atomic mass is 10.1. The molecular weight excluding hydrogens is 259 g/mol. The number of methoxy groups -OCH3 is 1. The molecule has 1 N–H and O–H groups in total. The first-order chi connectivity index (χ1) is 9.61. The largest absolute Gasteiger partial charge is 0.494 e. The minimum atomic E-state index is -0.894. The van der Waals surface area contributed by atoms with Gasteiger partial charge in [-0.2, -0.15) is 0 Å². The zero-order valence-corrected chi connectivity index (χ0v) is 11.5. The minimum absolute atomic E-state index is 0.0661. The molecule has 0 bridgehead atoms. The van der Waals surface area contributed by atoms with Gasteiger partial charge in [-0.05, 0) is 36.2 Å². The molecule has 0 aliphatic carbocycles. The zero-order chi connectivity index (χ0) is 14.5. The van der Waals surface area contributed by atoms with E-state index in [4.69, 9.17) is 9.47 Å². The average molecular weight is 276 g/mol. The van der Waals surface area contributed by atoms with Gasteiger partial charge in [-0.15, -0.1) is 0 Å². The van der Waals surface area contributed by atoms with E-state index in [2.05, 4.69) is 0 Å². The lowest BCUT2D eigenvalue weighted by molar-refractivity contribution is 0.107. The molecule has 0 amide bonds. The van der Waals surface area contributed by atoms with Gasteiger partial charge in [0.15, 0.2) is 11.6 Å². The molecule has 0 saturated carbocycles. The van der Waals surface area contributed by atoms with E-state index < -0.39 is 11.9 Å². The number of rotatable bonds is 5. The highest BCUT2D eigenvalue weighted by Gasteiger charge is 2.12. The highest BCUT2D eigenvalue weighted by atomic mass is 19.1. The Kier molecular flexibility index (Phi) is 4.58. The number of halogens is 1. The molecule has 20 heavy (non-hydrogen) atoms. The predicted molar refractivity (Wildman–Crippen MR) is 74.6 cm³/mol. The zero-order valence-electron chi connectivity index (χ0n) is 11.5. The van der Waals surface area contributed by atoms with Crippen LogP contribution >= 0.6 is 0 Å². The van der Waals surface area contributed by atoms with E-state index in [9.17, 15) is 9.50 Å². The summed E-state index contributed by atoms with van der Waals surface area (Å²) in [4.78, 5) is 0. The maximum absolute atomic E-state index is 13.6. The van der Waals surface area contributed by atoms with Crippen molar-refractivity contribution in [2.24, 2.45) is 0 Å². The number of aryl methyl sites for hydroxylation is 1. The fourth-order valence-electron chi connectivity index (χ4n) is 1.87. The van der Waals surface area contributed by atoms with E-state index in [1.165, 1.54) is 19.2 Å². The minimum Gasteiger partial charge on any atom is -0.494 e. The maximum atomic E-state index is 13.6. The summed E-state index contributed by atoms with van der Waals surface area (Å²) in [6.07, 6.45) is -0.894. The summed E-state index contributed by atoms with van der Waals surface area (Å²) < 4.78 is 23.9. The van der Waals surface area contributed by atoms with Crippen molar-refractivity contribution in [1.29, 1.82) is 0 Å². The number of aliphatic hydroxyl groups excluding tert-OH is 1.